The van der Waals surface area contributed by atoms with E-state index in [0.29, 0.717) is 37.6 Å². The van der Waals surface area contributed by atoms with Crippen molar-refractivity contribution in [2.75, 3.05) is 25.0 Å². The predicted octanol–water partition coefficient (Wildman–Crippen LogP) is 0.160. The summed E-state index contributed by atoms with van der Waals surface area (Å²) in [6.45, 7) is 1.63. The number of hydrogen-bond donors (Lipinski definition) is 4. The number of rotatable bonds is 6. The third kappa shape index (κ3) is 4.09. The number of anilines is 1. The highest BCUT2D eigenvalue weighted by atomic mass is 16.5. The zero-order valence-electron chi connectivity index (χ0n) is 10.8. The molecule has 2 amide bonds. The van der Waals surface area contributed by atoms with Gasteiger partial charge in [-0.05, 0) is 25.1 Å². The summed E-state index contributed by atoms with van der Waals surface area (Å²) in [5.74, 6) is 0.793. The molecule has 0 saturated heterocycles. The van der Waals surface area contributed by atoms with Crippen LogP contribution in [0.25, 0.3) is 0 Å². The van der Waals surface area contributed by atoms with Crippen LogP contribution in [-0.2, 0) is 11.3 Å². The molecule has 0 unspecified atom stereocenters. The molecule has 0 bridgehead atoms. The van der Waals surface area contributed by atoms with E-state index < -0.39 is 6.09 Å². The first kappa shape index (κ1) is 14.1. The molecule has 1 aliphatic rings. The fraction of sp³-hybridized carbons (Fsp3) is 0.417. The van der Waals surface area contributed by atoms with Crippen LogP contribution in [0.4, 0.5) is 10.6 Å². The molecular weight excluding hydrogens is 264 g/mol. The van der Waals surface area contributed by atoms with Crippen LogP contribution in [0.15, 0.2) is 12.1 Å². The Bertz CT molecular complexity index is 506. The molecule has 8 nitrogen and oxygen atoms in total. The minimum atomic E-state index is -1.02. The molecule has 2 heterocycles. The number of fused-ring (bicyclic) bond motifs is 1. The fourth-order valence-corrected chi connectivity index (χ4v) is 1.73. The lowest BCUT2D eigenvalue weighted by atomic mass is 10.3. The molecule has 1 aromatic rings. The predicted molar refractivity (Wildman–Crippen MR) is 70.7 cm³/mol. The number of aromatic nitrogens is 1. The first-order chi connectivity index (χ1) is 9.65. The van der Waals surface area contributed by atoms with Crippen molar-refractivity contribution in [2.24, 2.45) is 0 Å². The molecule has 2 rings (SSSR count). The van der Waals surface area contributed by atoms with E-state index in [2.05, 4.69) is 20.9 Å². The third-order valence-electron chi connectivity index (χ3n) is 2.65. The average Bonchev–Trinajstić information content (AvgIpc) is 2.42. The van der Waals surface area contributed by atoms with E-state index in [1.54, 1.807) is 6.07 Å². The Morgan fingerprint density at radius 2 is 2.30 bits per heavy atom. The summed E-state index contributed by atoms with van der Waals surface area (Å²) in [7, 11) is 0. The van der Waals surface area contributed by atoms with Crippen LogP contribution in [0.2, 0.25) is 0 Å². The van der Waals surface area contributed by atoms with Crippen molar-refractivity contribution < 1.29 is 19.4 Å². The van der Waals surface area contributed by atoms with Crippen molar-refractivity contribution in [1.82, 2.24) is 15.6 Å². The van der Waals surface area contributed by atoms with E-state index in [1.165, 1.54) is 0 Å². The molecule has 0 spiro atoms. The summed E-state index contributed by atoms with van der Waals surface area (Å²) < 4.78 is 5.21. The maximum atomic E-state index is 11.2. The van der Waals surface area contributed by atoms with Gasteiger partial charge in [-0.15, -0.1) is 0 Å². The van der Waals surface area contributed by atoms with Gasteiger partial charge in [-0.1, -0.05) is 0 Å². The Kier molecular flexibility index (Phi) is 4.72. The van der Waals surface area contributed by atoms with Crippen LogP contribution in [0, 0.1) is 0 Å². The van der Waals surface area contributed by atoms with Crippen LogP contribution in [0.1, 0.15) is 12.1 Å². The van der Waals surface area contributed by atoms with E-state index in [0.717, 1.165) is 5.69 Å². The quantitative estimate of drug-likeness (QED) is 0.552. The standard InChI is InChI=1S/C12H16N4O4/c17-10-7-20-9-3-2-8(15-11(9)16-10)6-13-4-1-5-14-12(18)19/h2-3,13-14H,1,4-7H2,(H,18,19)(H,15,16,17). The lowest BCUT2D eigenvalue weighted by Gasteiger charge is -2.17. The van der Waals surface area contributed by atoms with Crippen LogP contribution in [0.5, 0.6) is 5.75 Å². The summed E-state index contributed by atoms with van der Waals surface area (Å²) in [6.07, 6.45) is -0.325. The topological polar surface area (TPSA) is 113 Å². The molecule has 20 heavy (non-hydrogen) atoms. The van der Waals surface area contributed by atoms with Gasteiger partial charge >= 0.3 is 6.09 Å². The molecule has 0 radical (unpaired) electrons. The van der Waals surface area contributed by atoms with Crippen molar-refractivity contribution in [3.05, 3.63) is 17.8 Å². The van der Waals surface area contributed by atoms with Gasteiger partial charge in [0.15, 0.2) is 18.2 Å². The molecule has 0 saturated carbocycles. The minimum absolute atomic E-state index is 0.0167. The van der Waals surface area contributed by atoms with Crippen molar-refractivity contribution in [3.8, 4) is 5.75 Å². The number of amides is 2. The van der Waals surface area contributed by atoms with Crippen LogP contribution in [-0.4, -0.2) is 41.8 Å². The minimum Gasteiger partial charge on any atom is -0.480 e. The summed E-state index contributed by atoms with van der Waals surface area (Å²) in [5, 5.41) is 16.5. The highest BCUT2D eigenvalue weighted by Gasteiger charge is 2.17. The number of carbonyl (C=O) groups is 2. The lowest BCUT2D eigenvalue weighted by Crippen LogP contribution is -2.27. The number of nitrogens with zero attached hydrogens (tertiary/aromatic N) is 1. The van der Waals surface area contributed by atoms with Gasteiger partial charge in [-0.25, -0.2) is 9.78 Å². The summed E-state index contributed by atoms with van der Waals surface area (Å²) in [4.78, 5) is 25.7. The van der Waals surface area contributed by atoms with E-state index >= 15 is 0 Å². The normalized spacial score (nSPS) is 13.1. The molecule has 1 aliphatic heterocycles. The van der Waals surface area contributed by atoms with Gasteiger partial charge in [0.2, 0.25) is 0 Å². The van der Waals surface area contributed by atoms with E-state index in [9.17, 15) is 9.59 Å². The van der Waals surface area contributed by atoms with Gasteiger partial charge in [-0.3, -0.25) is 4.79 Å². The highest BCUT2D eigenvalue weighted by molar-refractivity contribution is 5.94. The number of nitrogens with one attached hydrogen (secondary N) is 3. The van der Waals surface area contributed by atoms with E-state index in [1.807, 2.05) is 6.07 Å². The second-order valence-electron chi connectivity index (χ2n) is 4.25. The molecule has 108 valence electrons. The van der Waals surface area contributed by atoms with E-state index in [4.69, 9.17) is 9.84 Å². The summed E-state index contributed by atoms with van der Waals surface area (Å²) >= 11 is 0. The first-order valence-electron chi connectivity index (χ1n) is 6.25. The maximum absolute atomic E-state index is 11.2. The molecule has 1 aromatic heterocycles. The Balaban J connectivity index is 1.75. The third-order valence-corrected chi connectivity index (χ3v) is 2.65. The monoisotopic (exact) mass is 280 g/mol. The molecule has 8 heteroatoms. The summed E-state index contributed by atoms with van der Waals surface area (Å²) in [6, 6.07) is 3.59. The SMILES string of the molecule is O=C(O)NCCCNCc1ccc2c(n1)NC(=O)CO2. The van der Waals surface area contributed by atoms with Crippen molar-refractivity contribution >= 4 is 17.8 Å². The van der Waals surface area contributed by atoms with Gasteiger partial charge in [0, 0.05) is 13.1 Å². The Morgan fingerprint density at radius 3 is 3.10 bits per heavy atom. The van der Waals surface area contributed by atoms with Gasteiger partial charge < -0.3 is 25.8 Å². The number of pyridine rings is 1. The zero-order chi connectivity index (χ0) is 14.4. The highest BCUT2D eigenvalue weighted by Crippen LogP contribution is 2.25. The average molecular weight is 280 g/mol. The fourth-order valence-electron chi connectivity index (χ4n) is 1.73. The lowest BCUT2D eigenvalue weighted by molar-refractivity contribution is -0.118. The molecule has 0 aliphatic carbocycles. The van der Waals surface area contributed by atoms with Gasteiger partial charge in [0.05, 0.1) is 5.69 Å². The maximum Gasteiger partial charge on any atom is 0.404 e. The van der Waals surface area contributed by atoms with Crippen LogP contribution >= 0.6 is 0 Å². The number of carboxylic acid groups (broad SMARTS) is 1. The van der Waals surface area contributed by atoms with E-state index in [-0.39, 0.29) is 12.5 Å². The number of ether oxygens (including phenoxy) is 1. The van der Waals surface area contributed by atoms with Crippen molar-refractivity contribution in [3.63, 3.8) is 0 Å². The first-order valence-corrected chi connectivity index (χ1v) is 6.25. The second-order valence-corrected chi connectivity index (χ2v) is 4.25. The van der Waals surface area contributed by atoms with Crippen molar-refractivity contribution in [1.29, 1.82) is 0 Å². The Morgan fingerprint density at radius 1 is 1.45 bits per heavy atom. The van der Waals surface area contributed by atoms with Gasteiger partial charge in [-0.2, -0.15) is 0 Å². The smallest absolute Gasteiger partial charge is 0.404 e. The molecule has 0 atom stereocenters. The van der Waals surface area contributed by atoms with Gasteiger partial charge in [0.25, 0.3) is 5.91 Å². The molecule has 0 aromatic carbocycles. The molecule has 0 fully saturated rings. The number of hydrogen-bond acceptors (Lipinski definition) is 5. The largest absolute Gasteiger partial charge is 0.480 e. The zero-order valence-corrected chi connectivity index (χ0v) is 10.8. The summed E-state index contributed by atoms with van der Waals surface area (Å²) in [5.41, 5.74) is 0.778. The van der Waals surface area contributed by atoms with Gasteiger partial charge in [0.1, 0.15) is 0 Å². The Hall–Kier alpha value is -2.35. The number of carbonyl (C=O) groups excluding carboxylic acids is 1. The van der Waals surface area contributed by atoms with Crippen molar-refractivity contribution in [2.45, 2.75) is 13.0 Å². The van der Waals surface area contributed by atoms with Crippen LogP contribution < -0.4 is 20.7 Å². The molecule has 4 N–H and O–H groups in total. The molecular formula is C12H16N4O4. The Labute approximate surface area is 115 Å². The second kappa shape index (κ2) is 6.71. The van der Waals surface area contributed by atoms with Crippen LogP contribution in [0.3, 0.4) is 0 Å².